The number of rotatable bonds is 8. The molecule has 0 aliphatic heterocycles. The number of benzene rings is 2. The average molecular weight is 343 g/mol. The first-order chi connectivity index (χ1) is 12.0. The highest BCUT2D eigenvalue weighted by molar-refractivity contribution is 5.88. The van der Waals surface area contributed by atoms with E-state index in [1.807, 2.05) is 42.5 Å². The number of ether oxygens (including phenoxy) is 1. The Hall–Kier alpha value is -2.89. The van der Waals surface area contributed by atoms with E-state index in [2.05, 4.69) is 5.32 Å². The first kappa shape index (κ1) is 18.4. The molecule has 0 fully saturated rings. The zero-order valence-corrected chi connectivity index (χ0v) is 14.0. The third-order valence-corrected chi connectivity index (χ3v) is 3.80. The van der Waals surface area contributed by atoms with Crippen LogP contribution in [-0.4, -0.2) is 35.6 Å². The predicted octanol–water partition coefficient (Wildman–Crippen LogP) is 2.29. The van der Waals surface area contributed by atoms with Crippen LogP contribution in [-0.2, 0) is 25.5 Å². The number of fused-ring (bicyclic) bond motifs is 1. The molecule has 25 heavy (non-hydrogen) atoms. The van der Waals surface area contributed by atoms with Gasteiger partial charge in [-0.2, -0.15) is 0 Å². The summed E-state index contributed by atoms with van der Waals surface area (Å²) < 4.78 is 4.75. The number of carbonyl (C=O) groups is 3. The zero-order valence-electron chi connectivity index (χ0n) is 14.0. The van der Waals surface area contributed by atoms with Crippen molar-refractivity contribution in [2.75, 3.05) is 6.61 Å². The van der Waals surface area contributed by atoms with Crippen LogP contribution in [0.5, 0.6) is 0 Å². The minimum absolute atomic E-state index is 0.0692. The Kier molecular flexibility index (Phi) is 6.51. The van der Waals surface area contributed by atoms with Crippen molar-refractivity contribution in [2.24, 2.45) is 0 Å². The molecular formula is C19H21NO5. The number of carbonyl (C=O) groups excluding carboxylic acids is 2. The van der Waals surface area contributed by atoms with E-state index in [0.717, 1.165) is 16.3 Å². The molecule has 1 atom stereocenters. The predicted molar refractivity (Wildman–Crippen MR) is 93.1 cm³/mol. The van der Waals surface area contributed by atoms with Crippen molar-refractivity contribution in [1.29, 1.82) is 0 Å². The topological polar surface area (TPSA) is 92.7 Å². The van der Waals surface area contributed by atoms with Gasteiger partial charge in [0.1, 0.15) is 6.04 Å². The third-order valence-electron chi connectivity index (χ3n) is 3.80. The fraction of sp³-hybridized carbons (Fsp3) is 0.316. The van der Waals surface area contributed by atoms with Crippen LogP contribution in [0.1, 0.15) is 25.3 Å². The normalized spacial score (nSPS) is 11.7. The molecule has 0 spiro atoms. The number of esters is 1. The molecule has 0 aromatic heterocycles. The van der Waals surface area contributed by atoms with Gasteiger partial charge in [0.25, 0.3) is 0 Å². The summed E-state index contributed by atoms with van der Waals surface area (Å²) in [6, 6.07) is 12.3. The molecule has 2 aromatic rings. The van der Waals surface area contributed by atoms with Gasteiger partial charge < -0.3 is 15.2 Å². The van der Waals surface area contributed by atoms with Gasteiger partial charge in [0.05, 0.1) is 13.0 Å². The maximum absolute atomic E-state index is 11.9. The molecule has 0 saturated carbocycles. The van der Waals surface area contributed by atoms with Gasteiger partial charge in [-0.25, -0.2) is 4.79 Å². The molecule has 0 aliphatic rings. The molecule has 0 unspecified atom stereocenters. The fourth-order valence-corrected chi connectivity index (χ4v) is 2.61. The third kappa shape index (κ3) is 5.31. The van der Waals surface area contributed by atoms with E-state index in [4.69, 9.17) is 4.74 Å². The molecule has 2 rings (SSSR count). The number of carboxylic acid groups (broad SMARTS) is 1. The van der Waals surface area contributed by atoms with Crippen molar-refractivity contribution >= 4 is 28.6 Å². The summed E-state index contributed by atoms with van der Waals surface area (Å²) in [7, 11) is 0. The van der Waals surface area contributed by atoms with Crippen molar-refractivity contribution in [3.63, 3.8) is 0 Å². The summed E-state index contributed by atoms with van der Waals surface area (Å²) >= 11 is 0. The number of carboxylic acids is 1. The molecule has 0 bridgehead atoms. The second-order valence-electron chi connectivity index (χ2n) is 5.61. The Labute approximate surface area is 145 Å². The number of aliphatic carboxylic acids is 1. The molecule has 0 radical (unpaired) electrons. The largest absolute Gasteiger partial charge is 0.480 e. The molecular weight excluding hydrogens is 322 g/mol. The molecule has 1 amide bonds. The first-order valence-electron chi connectivity index (χ1n) is 8.15. The molecule has 2 N–H and O–H groups in total. The Balaban J connectivity index is 2.04. The van der Waals surface area contributed by atoms with Crippen molar-refractivity contribution < 1.29 is 24.2 Å². The lowest BCUT2D eigenvalue weighted by Crippen LogP contribution is -2.42. The van der Waals surface area contributed by atoms with E-state index in [0.29, 0.717) is 0 Å². The highest BCUT2D eigenvalue weighted by atomic mass is 16.5. The van der Waals surface area contributed by atoms with Crippen molar-refractivity contribution in [1.82, 2.24) is 5.32 Å². The molecule has 132 valence electrons. The molecule has 0 saturated heterocycles. The van der Waals surface area contributed by atoms with Crippen LogP contribution in [0.15, 0.2) is 42.5 Å². The van der Waals surface area contributed by atoms with E-state index >= 15 is 0 Å². The molecule has 6 heteroatoms. The summed E-state index contributed by atoms with van der Waals surface area (Å²) in [5.74, 6) is -2.07. The highest BCUT2D eigenvalue weighted by Gasteiger charge is 2.21. The number of hydrogen-bond donors (Lipinski definition) is 2. The van der Waals surface area contributed by atoms with Crippen molar-refractivity contribution in [3.8, 4) is 0 Å². The minimum Gasteiger partial charge on any atom is -0.480 e. The average Bonchev–Trinajstić information content (AvgIpc) is 2.60. The number of hydrogen-bond acceptors (Lipinski definition) is 4. The Morgan fingerprint density at radius 1 is 1.08 bits per heavy atom. The van der Waals surface area contributed by atoms with Gasteiger partial charge in [0, 0.05) is 12.8 Å². The minimum atomic E-state index is -1.11. The smallest absolute Gasteiger partial charge is 0.326 e. The van der Waals surface area contributed by atoms with Crippen LogP contribution in [0.3, 0.4) is 0 Å². The van der Waals surface area contributed by atoms with Crippen LogP contribution < -0.4 is 5.32 Å². The Morgan fingerprint density at radius 3 is 2.52 bits per heavy atom. The molecule has 0 heterocycles. The van der Waals surface area contributed by atoms with Crippen LogP contribution in [0, 0.1) is 0 Å². The Bertz CT molecular complexity index is 766. The van der Waals surface area contributed by atoms with E-state index in [9.17, 15) is 19.5 Å². The maximum Gasteiger partial charge on any atom is 0.326 e. The molecule has 0 aliphatic carbocycles. The monoisotopic (exact) mass is 343 g/mol. The van der Waals surface area contributed by atoms with Gasteiger partial charge in [0.2, 0.25) is 5.91 Å². The second-order valence-corrected chi connectivity index (χ2v) is 5.61. The Morgan fingerprint density at radius 2 is 1.80 bits per heavy atom. The lowest BCUT2D eigenvalue weighted by atomic mass is 9.98. The quantitative estimate of drug-likeness (QED) is 0.718. The van der Waals surface area contributed by atoms with E-state index < -0.39 is 23.9 Å². The van der Waals surface area contributed by atoms with Crippen LogP contribution >= 0.6 is 0 Å². The lowest BCUT2D eigenvalue weighted by Gasteiger charge is -2.16. The van der Waals surface area contributed by atoms with E-state index in [1.54, 1.807) is 6.92 Å². The number of nitrogens with one attached hydrogen (secondary N) is 1. The fourth-order valence-electron chi connectivity index (χ4n) is 2.61. The second kappa shape index (κ2) is 8.82. The van der Waals surface area contributed by atoms with Gasteiger partial charge >= 0.3 is 11.9 Å². The van der Waals surface area contributed by atoms with Crippen molar-refractivity contribution in [3.05, 3.63) is 48.0 Å². The van der Waals surface area contributed by atoms with Gasteiger partial charge in [-0.1, -0.05) is 42.5 Å². The van der Waals surface area contributed by atoms with Gasteiger partial charge in [-0.3, -0.25) is 9.59 Å². The SMILES string of the molecule is CCOC(=O)CCC(=O)N[C@@H](Cc1cccc2ccccc12)C(=O)O. The van der Waals surface area contributed by atoms with Gasteiger partial charge in [-0.05, 0) is 23.3 Å². The summed E-state index contributed by atoms with van der Waals surface area (Å²) in [4.78, 5) is 34.7. The van der Waals surface area contributed by atoms with Gasteiger partial charge in [0.15, 0.2) is 0 Å². The maximum atomic E-state index is 11.9. The zero-order chi connectivity index (χ0) is 18.2. The van der Waals surface area contributed by atoms with Crippen molar-refractivity contribution in [2.45, 2.75) is 32.2 Å². The summed E-state index contributed by atoms with van der Waals surface area (Å²) in [6.07, 6.45) is 0.000262. The highest BCUT2D eigenvalue weighted by Crippen LogP contribution is 2.20. The van der Waals surface area contributed by atoms with Crippen LogP contribution in [0.4, 0.5) is 0 Å². The van der Waals surface area contributed by atoms with Crippen LogP contribution in [0.2, 0.25) is 0 Å². The van der Waals surface area contributed by atoms with E-state index in [1.165, 1.54) is 0 Å². The first-order valence-corrected chi connectivity index (χ1v) is 8.15. The summed E-state index contributed by atoms with van der Waals surface area (Å²) in [6.45, 7) is 1.93. The molecule has 6 nitrogen and oxygen atoms in total. The summed E-state index contributed by atoms with van der Waals surface area (Å²) in [5.41, 5.74) is 0.844. The summed E-state index contributed by atoms with van der Waals surface area (Å²) in [5, 5.41) is 13.9. The lowest BCUT2D eigenvalue weighted by molar-refractivity contribution is -0.144. The van der Waals surface area contributed by atoms with Gasteiger partial charge in [-0.15, -0.1) is 0 Å². The standard InChI is InChI=1S/C19H21NO5/c1-2-25-18(22)11-10-17(21)20-16(19(23)24)12-14-8-5-7-13-6-3-4-9-15(13)14/h3-9,16H,2,10-12H2,1H3,(H,20,21)(H,23,24)/t16-/m0/s1. The van der Waals surface area contributed by atoms with Crippen LogP contribution in [0.25, 0.3) is 10.8 Å². The molecule has 2 aromatic carbocycles. The number of amides is 1. The van der Waals surface area contributed by atoms with E-state index in [-0.39, 0.29) is 25.9 Å².